The SMILES string of the molecule is CC(C)(C)OC(=O)N[C@H]1CC[C@H]2CNCC[C@H]2C1. The van der Waals surface area contributed by atoms with Crippen LogP contribution in [0.3, 0.4) is 0 Å². The molecule has 18 heavy (non-hydrogen) atoms. The molecule has 1 aliphatic heterocycles. The zero-order valence-corrected chi connectivity index (χ0v) is 11.8. The van der Waals surface area contributed by atoms with E-state index >= 15 is 0 Å². The second-order valence-electron chi connectivity index (χ2n) is 6.67. The topological polar surface area (TPSA) is 50.4 Å². The minimum Gasteiger partial charge on any atom is -0.444 e. The van der Waals surface area contributed by atoms with Gasteiger partial charge in [0.1, 0.15) is 5.60 Å². The van der Waals surface area contributed by atoms with E-state index in [0.29, 0.717) is 6.04 Å². The first-order chi connectivity index (χ1) is 8.44. The maximum absolute atomic E-state index is 11.7. The molecule has 0 spiro atoms. The third kappa shape index (κ3) is 3.87. The van der Waals surface area contributed by atoms with Crippen molar-refractivity contribution < 1.29 is 9.53 Å². The Balaban J connectivity index is 1.79. The lowest BCUT2D eigenvalue weighted by Gasteiger charge is -2.39. The molecule has 0 aromatic heterocycles. The van der Waals surface area contributed by atoms with Gasteiger partial charge in [0, 0.05) is 6.04 Å². The van der Waals surface area contributed by atoms with Gasteiger partial charge >= 0.3 is 6.09 Å². The van der Waals surface area contributed by atoms with Crippen molar-refractivity contribution in [3.8, 4) is 0 Å². The van der Waals surface area contributed by atoms with Gasteiger partial charge in [-0.15, -0.1) is 0 Å². The van der Waals surface area contributed by atoms with Crippen LogP contribution in [0.5, 0.6) is 0 Å². The average molecular weight is 254 g/mol. The van der Waals surface area contributed by atoms with Crippen molar-refractivity contribution in [2.75, 3.05) is 13.1 Å². The number of nitrogens with one attached hydrogen (secondary N) is 2. The Hall–Kier alpha value is -0.770. The fraction of sp³-hybridized carbons (Fsp3) is 0.929. The summed E-state index contributed by atoms with van der Waals surface area (Å²) in [5.41, 5.74) is -0.407. The summed E-state index contributed by atoms with van der Waals surface area (Å²) in [5.74, 6) is 1.59. The molecule has 0 radical (unpaired) electrons. The van der Waals surface area contributed by atoms with Crippen LogP contribution in [0.25, 0.3) is 0 Å². The molecule has 1 amide bonds. The van der Waals surface area contributed by atoms with Crippen LogP contribution in [-0.2, 0) is 4.74 Å². The highest BCUT2D eigenvalue weighted by Crippen LogP contribution is 2.33. The highest BCUT2D eigenvalue weighted by molar-refractivity contribution is 5.68. The van der Waals surface area contributed by atoms with Gasteiger partial charge in [0.2, 0.25) is 0 Å². The first-order valence-corrected chi connectivity index (χ1v) is 7.14. The molecule has 0 aromatic rings. The summed E-state index contributed by atoms with van der Waals surface area (Å²) in [6.07, 6.45) is 4.41. The van der Waals surface area contributed by atoms with Crippen LogP contribution in [0.2, 0.25) is 0 Å². The van der Waals surface area contributed by atoms with Crippen molar-refractivity contribution in [3.63, 3.8) is 0 Å². The standard InChI is InChI=1S/C14H26N2O2/c1-14(2,3)18-13(17)16-12-5-4-11-9-15-7-6-10(11)8-12/h10-12,15H,4-9H2,1-3H3,(H,16,17)/t10-,11-,12-/m0/s1. The molecule has 1 saturated carbocycles. The van der Waals surface area contributed by atoms with Gasteiger partial charge < -0.3 is 15.4 Å². The Kier molecular flexibility index (Phi) is 4.15. The van der Waals surface area contributed by atoms with Gasteiger partial charge in [-0.25, -0.2) is 4.79 Å². The van der Waals surface area contributed by atoms with Crippen LogP contribution in [0.1, 0.15) is 46.5 Å². The summed E-state index contributed by atoms with van der Waals surface area (Å²) in [5, 5.41) is 6.49. The van der Waals surface area contributed by atoms with Crippen molar-refractivity contribution in [1.82, 2.24) is 10.6 Å². The first-order valence-electron chi connectivity index (χ1n) is 7.14. The van der Waals surface area contributed by atoms with Crippen molar-refractivity contribution in [2.45, 2.75) is 58.1 Å². The van der Waals surface area contributed by atoms with Crippen LogP contribution in [-0.4, -0.2) is 30.8 Å². The predicted octanol–water partition coefficient (Wildman–Crippen LogP) is 2.29. The number of fused-ring (bicyclic) bond motifs is 1. The maximum atomic E-state index is 11.7. The van der Waals surface area contributed by atoms with Gasteiger partial charge in [-0.1, -0.05) is 0 Å². The first kappa shape index (κ1) is 13.7. The molecule has 2 N–H and O–H groups in total. The fourth-order valence-corrected chi connectivity index (χ4v) is 3.13. The number of alkyl carbamates (subject to hydrolysis) is 1. The van der Waals surface area contributed by atoms with E-state index in [4.69, 9.17) is 4.74 Å². The Bertz CT molecular complexity index is 299. The van der Waals surface area contributed by atoms with Gasteiger partial charge in [0.05, 0.1) is 0 Å². The third-order valence-electron chi connectivity index (χ3n) is 3.96. The quantitative estimate of drug-likeness (QED) is 0.755. The smallest absolute Gasteiger partial charge is 0.407 e. The Labute approximate surface area is 110 Å². The number of rotatable bonds is 1. The number of ether oxygens (including phenoxy) is 1. The second kappa shape index (κ2) is 5.47. The largest absolute Gasteiger partial charge is 0.444 e. The number of amides is 1. The van der Waals surface area contributed by atoms with Crippen molar-refractivity contribution in [3.05, 3.63) is 0 Å². The van der Waals surface area contributed by atoms with Gasteiger partial charge in [-0.05, 0) is 71.4 Å². The molecule has 1 heterocycles. The Morgan fingerprint density at radius 3 is 2.72 bits per heavy atom. The summed E-state index contributed by atoms with van der Waals surface area (Å²) >= 11 is 0. The molecule has 0 unspecified atom stereocenters. The number of carbonyl (C=O) groups excluding carboxylic acids is 1. The molecule has 2 aliphatic rings. The van der Waals surface area contributed by atoms with Gasteiger partial charge in [0.25, 0.3) is 0 Å². The maximum Gasteiger partial charge on any atom is 0.407 e. The molecule has 2 fully saturated rings. The normalized spacial score (nSPS) is 32.5. The third-order valence-corrected chi connectivity index (χ3v) is 3.96. The van der Waals surface area contributed by atoms with E-state index in [1.807, 2.05) is 20.8 Å². The van der Waals surface area contributed by atoms with Crippen LogP contribution < -0.4 is 10.6 Å². The van der Waals surface area contributed by atoms with Crippen molar-refractivity contribution in [1.29, 1.82) is 0 Å². The monoisotopic (exact) mass is 254 g/mol. The minimum atomic E-state index is -0.407. The van der Waals surface area contributed by atoms with E-state index < -0.39 is 5.60 Å². The zero-order chi connectivity index (χ0) is 13.2. The lowest BCUT2D eigenvalue weighted by atomic mass is 9.74. The van der Waals surface area contributed by atoms with E-state index in [9.17, 15) is 4.79 Å². The molecule has 0 bridgehead atoms. The van der Waals surface area contributed by atoms with E-state index in [0.717, 1.165) is 37.8 Å². The fourth-order valence-electron chi connectivity index (χ4n) is 3.13. The summed E-state index contributed by atoms with van der Waals surface area (Å²) < 4.78 is 5.31. The Morgan fingerprint density at radius 1 is 1.22 bits per heavy atom. The lowest BCUT2D eigenvalue weighted by Crippen LogP contribution is -2.47. The molecule has 0 aromatic carbocycles. The lowest BCUT2D eigenvalue weighted by molar-refractivity contribution is 0.0462. The van der Waals surface area contributed by atoms with Gasteiger partial charge in [-0.3, -0.25) is 0 Å². The molecule has 4 heteroatoms. The Morgan fingerprint density at radius 2 is 2.00 bits per heavy atom. The molecule has 1 saturated heterocycles. The zero-order valence-electron chi connectivity index (χ0n) is 11.8. The van der Waals surface area contributed by atoms with Crippen LogP contribution in [0, 0.1) is 11.8 Å². The van der Waals surface area contributed by atoms with Crippen LogP contribution in [0.15, 0.2) is 0 Å². The molecule has 2 rings (SSSR count). The molecular weight excluding hydrogens is 228 g/mol. The summed E-state index contributed by atoms with van der Waals surface area (Å²) in [6.45, 7) is 7.98. The number of hydrogen-bond donors (Lipinski definition) is 2. The minimum absolute atomic E-state index is 0.264. The molecule has 3 atom stereocenters. The summed E-state index contributed by atoms with van der Waals surface area (Å²) in [6, 6.07) is 0.305. The predicted molar refractivity (Wildman–Crippen MR) is 71.5 cm³/mol. The summed E-state index contributed by atoms with van der Waals surface area (Å²) in [7, 11) is 0. The van der Waals surface area contributed by atoms with Crippen molar-refractivity contribution >= 4 is 6.09 Å². The van der Waals surface area contributed by atoms with Crippen LogP contribution >= 0.6 is 0 Å². The molecular formula is C14H26N2O2. The highest BCUT2D eigenvalue weighted by atomic mass is 16.6. The molecule has 1 aliphatic carbocycles. The molecule has 4 nitrogen and oxygen atoms in total. The second-order valence-corrected chi connectivity index (χ2v) is 6.67. The van der Waals surface area contributed by atoms with E-state index in [1.165, 1.54) is 12.8 Å². The van der Waals surface area contributed by atoms with Gasteiger partial charge in [0.15, 0.2) is 0 Å². The molecule has 104 valence electrons. The summed E-state index contributed by atoms with van der Waals surface area (Å²) in [4.78, 5) is 11.7. The average Bonchev–Trinajstić information content (AvgIpc) is 2.26. The van der Waals surface area contributed by atoms with Crippen LogP contribution in [0.4, 0.5) is 4.79 Å². The van der Waals surface area contributed by atoms with E-state index in [2.05, 4.69) is 10.6 Å². The number of carbonyl (C=O) groups is 1. The van der Waals surface area contributed by atoms with E-state index in [-0.39, 0.29) is 6.09 Å². The van der Waals surface area contributed by atoms with Crippen molar-refractivity contribution in [2.24, 2.45) is 11.8 Å². The number of hydrogen-bond acceptors (Lipinski definition) is 3. The highest BCUT2D eigenvalue weighted by Gasteiger charge is 2.33. The van der Waals surface area contributed by atoms with Gasteiger partial charge in [-0.2, -0.15) is 0 Å². The van der Waals surface area contributed by atoms with E-state index in [1.54, 1.807) is 0 Å². The number of piperidine rings is 1.